The number of halogens is 6. The topological polar surface area (TPSA) is 66.8 Å². The van der Waals surface area contributed by atoms with Crippen LogP contribution in [0.2, 0.25) is 0 Å². The molecule has 156 valence electrons. The highest BCUT2D eigenvalue weighted by Crippen LogP contribution is 2.47. The standard InChI is InChI=1S/C16H20F6O4S/c1-3-11(12-4-6-13(7-5-12)26-27(24)25)8-10(2)9-14(23,15(17,18)19)16(20,21)22/h4-7,10-11,23H,3,8-9H2,1-2H3,(H,24,25). The first-order chi connectivity index (χ1) is 12.2. The van der Waals surface area contributed by atoms with Gasteiger partial charge in [0.2, 0.25) is 0 Å². The second kappa shape index (κ2) is 8.78. The SMILES string of the molecule is CCC(CC(C)CC(O)(C(F)(F)F)C(F)(F)F)c1ccc(OS(=O)O)cc1. The third-order valence-corrected chi connectivity index (χ3v) is 4.62. The largest absolute Gasteiger partial charge is 0.426 e. The van der Waals surface area contributed by atoms with Crippen molar-refractivity contribution >= 4 is 11.4 Å². The zero-order valence-corrected chi connectivity index (χ0v) is 15.3. The van der Waals surface area contributed by atoms with E-state index >= 15 is 0 Å². The Morgan fingerprint density at radius 2 is 1.56 bits per heavy atom. The van der Waals surface area contributed by atoms with Gasteiger partial charge in [-0.15, -0.1) is 0 Å². The van der Waals surface area contributed by atoms with Gasteiger partial charge in [0.05, 0.1) is 0 Å². The van der Waals surface area contributed by atoms with E-state index in [9.17, 15) is 35.7 Å². The second-order valence-electron chi connectivity index (χ2n) is 6.38. The molecule has 0 spiro atoms. The fourth-order valence-electron chi connectivity index (χ4n) is 2.88. The van der Waals surface area contributed by atoms with Crippen LogP contribution in [0.25, 0.3) is 0 Å². The average molecular weight is 422 g/mol. The molecule has 0 aromatic heterocycles. The van der Waals surface area contributed by atoms with E-state index in [1.807, 2.05) is 0 Å². The maximum absolute atomic E-state index is 12.8. The summed E-state index contributed by atoms with van der Waals surface area (Å²) in [6.45, 7) is 2.95. The molecular formula is C16H20F6O4S. The van der Waals surface area contributed by atoms with E-state index in [1.54, 1.807) is 6.92 Å². The Kier molecular flexibility index (Phi) is 7.71. The Morgan fingerprint density at radius 3 is 1.93 bits per heavy atom. The molecule has 2 N–H and O–H groups in total. The monoisotopic (exact) mass is 422 g/mol. The molecule has 0 aliphatic rings. The molecule has 0 amide bonds. The molecule has 0 bridgehead atoms. The highest BCUT2D eigenvalue weighted by atomic mass is 32.2. The molecule has 1 aromatic rings. The Labute approximate surface area is 155 Å². The molecule has 4 nitrogen and oxygen atoms in total. The zero-order chi connectivity index (χ0) is 21.0. The normalized spacial score (nSPS) is 16.7. The third-order valence-electron chi connectivity index (χ3n) is 4.28. The summed E-state index contributed by atoms with van der Waals surface area (Å²) in [5.74, 6) is -1.35. The van der Waals surface area contributed by atoms with Gasteiger partial charge in [0.25, 0.3) is 5.60 Å². The summed E-state index contributed by atoms with van der Waals surface area (Å²) >= 11 is -2.51. The Balaban J connectivity index is 2.92. The van der Waals surface area contributed by atoms with Gasteiger partial charge in [0, 0.05) is 0 Å². The number of benzene rings is 1. The van der Waals surface area contributed by atoms with Crippen LogP contribution in [-0.4, -0.2) is 31.8 Å². The Morgan fingerprint density at radius 1 is 1.07 bits per heavy atom. The van der Waals surface area contributed by atoms with E-state index in [0.717, 1.165) is 0 Å². The van der Waals surface area contributed by atoms with Crippen molar-refractivity contribution < 1.29 is 44.4 Å². The molecule has 3 atom stereocenters. The number of alkyl halides is 6. The van der Waals surface area contributed by atoms with E-state index in [0.29, 0.717) is 12.0 Å². The summed E-state index contributed by atoms with van der Waals surface area (Å²) in [6, 6.07) is 5.78. The first-order valence-electron chi connectivity index (χ1n) is 7.96. The van der Waals surface area contributed by atoms with Gasteiger partial charge in [-0.25, -0.2) is 0 Å². The minimum absolute atomic E-state index is 0.0168. The quantitative estimate of drug-likeness (QED) is 0.459. The molecule has 0 fully saturated rings. The Hall–Kier alpha value is -1.33. The molecule has 0 aliphatic carbocycles. The maximum Gasteiger partial charge on any atom is 0.426 e. The van der Waals surface area contributed by atoms with Crippen LogP contribution in [0.5, 0.6) is 5.75 Å². The minimum Gasteiger partial charge on any atom is -0.380 e. The van der Waals surface area contributed by atoms with E-state index in [4.69, 9.17) is 4.55 Å². The van der Waals surface area contributed by atoms with Gasteiger partial charge in [0.1, 0.15) is 5.75 Å². The fourth-order valence-corrected chi connectivity index (χ4v) is 3.16. The molecule has 1 aromatic carbocycles. The van der Waals surface area contributed by atoms with Crippen molar-refractivity contribution in [3.63, 3.8) is 0 Å². The molecule has 1 rings (SSSR count). The van der Waals surface area contributed by atoms with Gasteiger partial charge in [-0.2, -0.15) is 30.6 Å². The summed E-state index contributed by atoms with van der Waals surface area (Å²) in [5.41, 5.74) is -4.14. The average Bonchev–Trinajstić information content (AvgIpc) is 2.50. The summed E-state index contributed by atoms with van der Waals surface area (Å²) in [6.07, 6.45) is -12.7. The van der Waals surface area contributed by atoms with Crippen molar-refractivity contribution in [1.82, 2.24) is 0 Å². The Bertz CT molecular complexity index is 615. The van der Waals surface area contributed by atoms with E-state index < -0.39 is 41.7 Å². The van der Waals surface area contributed by atoms with Crippen LogP contribution in [0.3, 0.4) is 0 Å². The summed E-state index contributed by atoms with van der Waals surface area (Å²) in [4.78, 5) is 0. The van der Waals surface area contributed by atoms with Crippen molar-refractivity contribution in [3.05, 3.63) is 29.8 Å². The molecule has 3 unspecified atom stereocenters. The lowest BCUT2D eigenvalue weighted by atomic mass is 9.81. The number of rotatable bonds is 8. The van der Waals surface area contributed by atoms with Crippen LogP contribution in [0, 0.1) is 5.92 Å². The number of hydrogen-bond acceptors (Lipinski definition) is 3. The van der Waals surface area contributed by atoms with Crippen LogP contribution in [0.15, 0.2) is 24.3 Å². The lowest BCUT2D eigenvalue weighted by Crippen LogP contribution is -2.57. The predicted octanol–water partition coefficient (Wildman–Crippen LogP) is 4.97. The molecule has 0 heterocycles. The van der Waals surface area contributed by atoms with Crippen molar-refractivity contribution in [2.24, 2.45) is 5.92 Å². The molecule has 11 heteroatoms. The van der Waals surface area contributed by atoms with E-state index in [-0.39, 0.29) is 18.1 Å². The van der Waals surface area contributed by atoms with Crippen LogP contribution in [0.1, 0.15) is 44.6 Å². The summed E-state index contributed by atoms with van der Waals surface area (Å²) in [7, 11) is 0. The van der Waals surface area contributed by atoms with Crippen LogP contribution < -0.4 is 4.18 Å². The summed E-state index contributed by atoms with van der Waals surface area (Å²) in [5, 5.41) is 9.31. The molecule has 0 aliphatic heterocycles. The molecule has 0 radical (unpaired) electrons. The van der Waals surface area contributed by atoms with Crippen molar-refractivity contribution in [1.29, 1.82) is 0 Å². The van der Waals surface area contributed by atoms with Gasteiger partial charge in [0.15, 0.2) is 0 Å². The van der Waals surface area contributed by atoms with Gasteiger partial charge >= 0.3 is 23.7 Å². The van der Waals surface area contributed by atoms with Crippen LogP contribution in [-0.2, 0) is 11.4 Å². The van der Waals surface area contributed by atoms with E-state index in [2.05, 4.69) is 4.18 Å². The van der Waals surface area contributed by atoms with E-state index in [1.165, 1.54) is 31.2 Å². The fraction of sp³-hybridized carbons (Fsp3) is 0.625. The molecular weight excluding hydrogens is 402 g/mol. The highest BCUT2D eigenvalue weighted by Gasteiger charge is 2.70. The third kappa shape index (κ3) is 6.08. The smallest absolute Gasteiger partial charge is 0.380 e. The van der Waals surface area contributed by atoms with Gasteiger partial charge in [-0.1, -0.05) is 26.0 Å². The lowest BCUT2D eigenvalue weighted by molar-refractivity contribution is -0.372. The van der Waals surface area contributed by atoms with Gasteiger partial charge < -0.3 is 9.29 Å². The number of hydrogen-bond donors (Lipinski definition) is 2. The lowest BCUT2D eigenvalue weighted by Gasteiger charge is -2.35. The van der Waals surface area contributed by atoms with Crippen LogP contribution >= 0.6 is 0 Å². The molecule has 0 saturated carbocycles. The first kappa shape index (κ1) is 23.7. The van der Waals surface area contributed by atoms with Crippen LogP contribution in [0.4, 0.5) is 26.3 Å². The molecule has 0 saturated heterocycles. The first-order valence-corrected chi connectivity index (χ1v) is 8.99. The highest BCUT2D eigenvalue weighted by molar-refractivity contribution is 7.74. The second-order valence-corrected chi connectivity index (χ2v) is 6.98. The zero-order valence-electron chi connectivity index (χ0n) is 14.5. The molecule has 27 heavy (non-hydrogen) atoms. The van der Waals surface area contributed by atoms with Gasteiger partial charge in [-0.05, 0) is 48.8 Å². The van der Waals surface area contributed by atoms with Crippen molar-refractivity contribution in [3.8, 4) is 5.75 Å². The van der Waals surface area contributed by atoms with Crippen molar-refractivity contribution in [2.75, 3.05) is 0 Å². The van der Waals surface area contributed by atoms with Crippen molar-refractivity contribution in [2.45, 2.75) is 57.0 Å². The summed E-state index contributed by atoms with van der Waals surface area (Å²) < 4.78 is 101. The van der Waals surface area contributed by atoms with Gasteiger partial charge in [-0.3, -0.25) is 4.55 Å². The predicted molar refractivity (Wildman–Crippen MR) is 86.3 cm³/mol. The maximum atomic E-state index is 12.8. The number of aliphatic hydroxyl groups is 1. The minimum atomic E-state index is -5.83.